The molecule has 1 aromatic rings. The zero-order valence-electron chi connectivity index (χ0n) is 9.46. The second kappa shape index (κ2) is 5.29. The first-order valence-electron chi connectivity index (χ1n) is 5.02. The van der Waals surface area contributed by atoms with Gasteiger partial charge in [0.25, 0.3) is 0 Å². The maximum Gasteiger partial charge on any atom is 0.320 e. The molecule has 0 aliphatic carbocycles. The lowest BCUT2D eigenvalue weighted by molar-refractivity contribution is -0.138. The van der Waals surface area contributed by atoms with Crippen LogP contribution in [-0.4, -0.2) is 31.8 Å². The van der Waals surface area contributed by atoms with Gasteiger partial charge in [0.2, 0.25) is 0 Å². The van der Waals surface area contributed by atoms with E-state index in [-0.39, 0.29) is 12.2 Å². The van der Waals surface area contributed by atoms with Crippen LogP contribution in [0.2, 0.25) is 0 Å². The SMILES string of the molecule is CS(=O)(=O)Cc1cccc(CC(N)C(=O)O)c1. The van der Waals surface area contributed by atoms with Gasteiger partial charge in [0, 0.05) is 6.26 Å². The highest BCUT2D eigenvalue weighted by Crippen LogP contribution is 2.10. The van der Waals surface area contributed by atoms with Crippen LogP contribution in [0.25, 0.3) is 0 Å². The Labute approximate surface area is 100 Å². The fourth-order valence-corrected chi connectivity index (χ4v) is 2.28. The molecule has 1 unspecified atom stereocenters. The molecule has 1 rings (SSSR count). The molecule has 3 N–H and O–H groups in total. The third-order valence-electron chi connectivity index (χ3n) is 2.19. The van der Waals surface area contributed by atoms with Gasteiger partial charge in [-0.2, -0.15) is 0 Å². The lowest BCUT2D eigenvalue weighted by Gasteiger charge is -2.07. The number of sulfone groups is 1. The average Bonchev–Trinajstić information content (AvgIpc) is 2.15. The van der Waals surface area contributed by atoms with Gasteiger partial charge in [-0.15, -0.1) is 0 Å². The predicted octanol–water partition coefficient (Wildman–Crippen LogP) is 0.186. The van der Waals surface area contributed by atoms with E-state index < -0.39 is 21.8 Å². The van der Waals surface area contributed by atoms with Crippen molar-refractivity contribution in [3.8, 4) is 0 Å². The largest absolute Gasteiger partial charge is 0.480 e. The van der Waals surface area contributed by atoms with E-state index in [1.807, 2.05) is 0 Å². The van der Waals surface area contributed by atoms with Gasteiger partial charge < -0.3 is 10.8 Å². The van der Waals surface area contributed by atoms with E-state index in [4.69, 9.17) is 10.8 Å². The maximum absolute atomic E-state index is 11.1. The van der Waals surface area contributed by atoms with E-state index in [1.54, 1.807) is 24.3 Å². The Kier molecular flexibility index (Phi) is 4.25. The van der Waals surface area contributed by atoms with E-state index in [0.717, 1.165) is 11.8 Å². The highest BCUT2D eigenvalue weighted by atomic mass is 32.2. The quantitative estimate of drug-likeness (QED) is 0.784. The van der Waals surface area contributed by atoms with Crippen molar-refractivity contribution in [1.29, 1.82) is 0 Å². The van der Waals surface area contributed by atoms with Crippen molar-refractivity contribution < 1.29 is 18.3 Å². The maximum atomic E-state index is 11.1. The molecule has 1 aromatic carbocycles. The topological polar surface area (TPSA) is 97.5 Å². The van der Waals surface area contributed by atoms with Crippen LogP contribution in [0.4, 0.5) is 0 Å². The Balaban J connectivity index is 2.83. The molecule has 5 nitrogen and oxygen atoms in total. The molecule has 17 heavy (non-hydrogen) atoms. The average molecular weight is 257 g/mol. The van der Waals surface area contributed by atoms with Crippen LogP contribution >= 0.6 is 0 Å². The molecule has 0 heterocycles. The van der Waals surface area contributed by atoms with E-state index in [0.29, 0.717) is 5.56 Å². The molecule has 0 fully saturated rings. The number of benzene rings is 1. The monoisotopic (exact) mass is 257 g/mol. The second-order valence-electron chi connectivity index (χ2n) is 4.04. The normalized spacial score (nSPS) is 13.3. The number of carboxylic acids is 1. The zero-order valence-corrected chi connectivity index (χ0v) is 10.3. The molecule has 6 heteroatoms. The van der Waals surface area contributed by atoms with Crippen LogP contribution in [0.3, 0.4) is 0 Å². The summed E-state index contributed by atoms with van der Waals surface area (Å²) in [5.74, 6) is -1.12. The molecule has 0 spiro atoms. The molecular formula is C11H15NO4S. The van der Waals surface area contributed by atoms with Crippen LogP contribution in [0.5, 0.6) is 0 Å². The van der Waals surface area contributed by atoms with Gasteiger partial charge in [0.05, 0.1) is 5.75 Å². The molecule has 0 amide bonds. The Hall–Kier alpha value is -1.40. The van der Waals surface area contributed by atoms with Crippen molar-refractivity contribution in [3.63, 3.8) is 0 Å². The summed E-state index contributed by atoms with van der Waals surface area (Å²) < 4.78 is 22.2. The van der Waals surface area contributed by atoms with Gasteiger partial charge in [-0.25, -0.2) is 8.42 Å². The Morgan fingerprint density at radius 1 is 1.41 bits per heavy atom. The number of hydrogen-bond donors (Lipinski definition) is 2. The number of hydrogen-bond acceptors (Lipinski definition) is 4. The van der Waals surface area contributed by atoms with Gasteiger partial charge in [0.1, 0.15) is 6.04 Å². The summed E-state index contributed by atoms with van der Waals surface area (Å²) in [6.07, 6.45) is 1.34. The molecule has 0 saturated carbocycles. The van der Waals surface area contributed by atoms with E-state index >= 15 is 0 Å². The minimum absolute atomic E-state index is 0.0524. The van der Waals surface area contributed by atoms with E-state index in [1.165, 1.54) is 0 Å². The Morgan fingerprint density at radius 2 is 2.00 bits per heavy atom. The lowest BCUT2D eigenvalue weighted by atomic mass is 10.0. The van der Waals surface area contributed by atoms with Gasteiger partial charge in [-0.1, -0.05) is 24.3 Å². The first-order valence-corrected chi connectivity index (χ1v) is 7.08. The van der Waals surface area contributed by atoms with Crippen LogP contribution in [0.15, 0.2) is 24.3 Å². The Bertz CT molecular complexity index is 510. The molecule has 1 atom stereocenters. The number of rotatable bonds is 5. The summed E-state index contributed by atoms with van der Waals surface area (Å²) in [4.78, 5) is 10.6. The fraction of sp³-hybridized carbons (Fsp3) is 0.364. The molecule has 0 bridgehead atoms. The molecule has 0 aromatic heterocycles. The predicted molar refractivity (Wildman–Crippen MR) is 64.3 cm³/mol. The summed E-state index contributed by atoms with van der Waals surface area (Å²) in [5, 5.41) is 8.68. The van der Waals surface area contributed by atoms with Crippen LogP contribution in [0.1, 0.15) is 11.1 Å². The first-order chi connectivity index (χ1) is 7.78. The third kappa shape index (κ3) is 4.97. The van der Waals surface area contributed by atoms with Crippen LogP contribution in [0, 0.1) is 0 Å². The summed E-state index contributed by atoms with van der Waals surface area (Å²) in [6, 6.07) is 5.82. The van der Waals surface area contributed by atoms with Crippen molar-refractivity contribution in [1.82, 2.24) is 0 Å². The van der Waals surface area contributed by atoms with E-state index in [9.17, 15) is 13.2 Å². The number of carboxylic acid groups (broad SMARTS) is 1. The molecule has 0 saturated heterocycles. The van der Waals surface area contributed by atoms with Crippen molar-refractivity contribution in [2.24, 2.45) is 5.73 Å². The summed E-state index contributed by atoms with van der Waals surface area (Å²) in [5.41, 5.74) is 6.77. The Morgan fingerprint density at radius 3 is 2.53 bits per heavy atom. The first kappa shape index (κ1) is 13.7. The van der Waals surface area contributed by atoms with Crippen molar-refractivity contribution in [2.45, 2.75) is 18.2 Å². The molecule has 94 valence electrons. The van der Waals surface area contributed by atoms with Gasteiger partial charge in [-0.3, -0.25) is 4.79 Å². The third-order valence-corrected chi connectivity index (χ3v) is 3.05. The standard InChI is InChI=1S/C11H15NO4S/c1-17(15,16)7-9-4-2-3-8(5-9)6-10(12)11(13)14/h2-5,10H,6-7,12H2,1H3,(H,13,14). The summed E-state index contributed by atoms with van der Waals surface area (Å²) in [7, 11) is -3.09. The number of aliphatic carboxylic acids is 1. The van der Waals surface area contributed by atoms with Gasteiger partial charge in [0.15, 0.2) is 9.84 Å². The highest BCUT2D eigenvalue weighted by Gasteiger charge is 2.12. The number of nitrogens with two attached hydrogens (primary N) is 1. The molecule has 0 radical (unpaired) electrons. The number of carbonyl (C=O) groups is 1. The molecular weight excluding hydrogens is 242 g/mol. The minimum Gasteiger partial charge on any atom is -0.480 e. The molecule has 0 aliphatic heterocycles. The fourth-order valence-electron chi connectivity index (χ4n) is 1.49. The summed E-state index contributed by atoms with van der Waals surface area (Å²) in [6.45, 7) is 0. The van der Waals surface area contributed by atoms with Gasteiger partial charge >= 0.3 is 5.97 Å². The van der Waals surface area contributed by atoms with Crippen molar-refractivity contribution in [3.05, 3.63) is 35.4 Å². The van der Waals surface area contributed by atoms with E-state index in [2.05, 4.69) is 0 Å². The van der Waals surface area contributed by atoms with Crippen molar-refractivity contribution >= 4 is 15.8 Å². The minimum atomic E-state index is -3.09. The smallest absolute Gasteiger partial charge is 0.320 e. The lowest BCUT2D eigenvalue weighted by Crippen LogP contribution is -2.32. The summed E-state index contributed by atoms with van der Waals surface area (Å²) >= 11 is 0. The van der Waals surface area contributed by atoms with Crippen molar-refractivity contribution in [2.75, 3.05) is 6.26 Å². The highest BCUT2D eigenvalue weighted by molar-refractivity contribution is 7.89. The van der Waals surface area contributed by atoms with Gasteiger partial charge in [-0.05, 0) is 17.5 Å². The second-order valence-corrected chi connectivity index (χ2v) is 6.18. The van der Waals surface area contributed by atoms with Crippen LogP contribution < -0.4 is 5.73 Å². The van der Waals surface area contributed by atoms with Crippen LogP contribution in [-0.2, 0) is 26.8 Å². The molecule has 0 aliphatic rings. The zero-order chi connectivity index (χ0) is 13.1.